The SMILES string of the molecule is C=CCCCCCCCCCCCCCCCC=CCCCCCCCCCCCCCCCCCC. The van der Waals surface area contributed by atoms with Gasteiger partial charge in [-0.1, -0.05) is 192 Å². The van der Waals surface area contributed by atoms with Gasteiger partial charge in [-0.15, -0.1) is 6.58 Å². The van der Waals surface area contributed by atoms with Gasteiger partial charge >= 0.3 is 0 Å². The monoisotopic (exact) mass is 517 g/mol. The van der Waals surface area contributed by atoms with Crippen LogP contribution in [0.2, 0.25) is 0 Å². The minimum atomic E-state index is 1.20. The van der Waals surface area contributed by atoms with Gasteiger partial charge in [-0.25, -0.2) is 0 Å². The van der Waals surface area contributed by atoms with Gasteiger partial charge in [-0.2, -0.15) is 0 Å². The van der Waals surface area contributed by atoms with Crippen molar-refractivity contribution < 1.29 is 0 Å². The highest BCUT2D eigenvalue weighted by atomic mass is 14.0. The molecule has 220 valence electrons. The van der Waals surface area contributed by atoms with Crippen LogP contribution in [0.4, 0.5) is 0 Å². The van der Waals surface area contributed by atoms with Crippen molar-refractivity contribution in [1.29, 1.82) is 0 Å². The van der Waals surface area contributed by atoms with Gasteiger partial charge < -0.3 is 0 Å². The summed E-state index contributed by atoms with van der Waals surface area (Å²) >= 11 is 0. The minimum Gasteiger partial charge on any atom is -0.103 e. The first-order valence-corrected chi connectivity index (χ1v) is 17.7. The molecule has 0 aliphatic rings. The van der Waals surface area contributed by atoms with Gasteiger partial charge in [0, 0.05) is 0 Å². The molecule has 0 N–H and O–H groups in total. The van der Waals surface area contributed by atoms with E-state index in [0.717, 1.165) is 0 Å². The number of rotatable bonds is 33. The first kappa shape index (κ1) is 36.5. The molecule has 0 aliphatic carbocycles. The summed E-state index contributed by atoms with van der Waals surface area (Å²) in [6.07, 6.45) is 52.9. The molecule has 0 amide bonds. The van der Waals surface area contributed by atoms with Crippen LogP contribution >= 0.6 is 0 Å². The molecule has 0 aromatic rings. The third-order valence-corrected chi connectivity index (χ3v) is 8.17. The number of hydrogen-bond donors (Lipinski definition) is 0. The van der Waals surface area contributed by atoms with Crippen LogP contribution in [0.3, 0.4) is 0 Å². The molecular weight excluding hydrogens is 444 g/mol. The van der Waals surface area contributed by atoms with Gasteiger partial charge in [0.15, 0.2) is 0 Å². The third-order valence-electron chi connectivity index (χ3n) is 8.17. The first-order chi connectivity index (χ1) is 18.4. The van der Waals surface area contributed by atoms with Crippen molar-refractivity contribution in [2.24, 2.45) is 0 Å². The van der Waals surface area contributed by atoms with Gasteiger partial charge in [-0.3, -0.25) is 0 Å². The van der Waals surface area contributed by atoms with Crippen LogP contribution in [0.5, 0.6) is 0 Å². The molecule has 0 atom stereocenters. The fourth-order valence-corrected chi connectivity index (χ4v) is 5.54. The summed E-state index contributed by atoms with van der Waals surface area (Å²) in [4.78, 5) is 0. The number of hydrogen-bond acceptors (Lipinski definition) is 0. The van der Waals surface area contributed by atoms with Crippen LogP contribution in [0.1, 0.15) is 212 Å². The summed E-state index contributed by atoms with van der Waals surface area (Å²) in [6.45, 7) is 6.10. The van der Waals surface area contributed by atoms with E-state index in [1.54, 1.807) is 0 Å². The van der Waals surface area contributed by atoms with Gasteiger partial charge in [0.25, 0.3) is 0 Å². The molecule has 0 saturated heterocycles. The lowest BCUT2D eigenvalue weighted by atomic mass is 10.0. The second kappa shape index (κ2) is 35.5. The normalized spacial score (nSPS) is 11.6. The molecule has 0 aromatic carbocycles. The molecule has 37 heavy (non-hydrogen) atoms. The van der Waals surface area contributed by atoms with Gasteiger partial charge in [0.1, 0.15) is 0 Å². The van der Waals surface area contributed by atoms with Crippen LogP contribution in [0.15, 0.2) is 24.8 Å². The maximum Gasteiger partial charge on any atom is -0.0351 e. The first-order valence-electron chi connectivity index (χ1n) is 17.7. The summed E-state index contributed by atoms with van der Waals surface area (Å²) in [7, 11) is 0. The average molecular weight is 517 g/mol. The Hall–Kier alpha value is -0.520. The van der Waals surface area contributed by atoms with E-state index in [4.69, 9.17) is 0 Å². The predicted molar refractivity (Wildman–Crippen MR) is 173 cm³/mol. The number of unbranched alkanes of at least 4 members (excludes halogenated alkanes) is 30. The highest BCUT2D eigenvalue weighted by molar-refractivity contribution is 4.81. The summed E-state index contributed by atoms with van der Waals surface area (Å²) in [6, 6.07) is 0. The third kappa shape index (κ3) is 35.5. The van der Waals surface area contributed by atoms with Crippen molar-refractivity contribution in [3.8, 4) is 0 Å². The second-order valence-corrected chi connectivity index (χ2v) is 12.0. The minimum absolute atomic E-state index is 1.20. The summed E-state index contributed by atoms with van der Waals surface area (Å²) in [5.41, 5.74) is 0. The smallest absolute Gasteiger partial charge is 0.0351 e. The quantitative estimate of drug-likeness (QED) is 0.0601. The molecule has 0 unspecified atom stereocenters. The van der Waals surface area contributed by atoms with Crippen molar-refractivity contribution in [1.82, 2.24) is 0 Å². The molecule has 0 fully saturated rings. The standard InChI is InChI=1S/C37H72/c1-3-5-7-9-11-13-15-17-19-21-23-25-27-29-31-33-35-37-36-34-32-30-28-26-24-22-20-18-16-14-12-10-8-6-4-2/h3,35,37H,1,4-34,36H2,2H3. The maximum absolute atomic E-state index is 3.80. The fourth-order valence-electron chi connectivity index (χ4n) is 5.54. The Balaban J connectivity index is 3.08. The summed E-state index contributed by atoms with van der Waals surface area (Å²) < 4.78 is 0. The topological polar surface area (TPSA) is 0 Å². The maximum atomic E-state index is 3.80. The highest BCUT2D eigenvalue weighted by Gasteiger charge is 1.96. The zero-order valence-corrected chi connectivity index (χ0v) is 26.1. The Morgan fingerprint density at radius 2 is 0.514 bits per heavy atom. The molecule has 0 spiro atoms. The Kier molecular flexibility index (Phi) is 35.0. The van der Waals surface area contributed by atoms with Crippen LogP contribution in [0, 0.1) is 0 Å². The molecule has 0 bridgehead atoms. The van der Waals surface area contributed by atoms with Crippen LogP contribution < -0.4 is 0 Å². The Bertz CT molecular complexity index is 420. The Morgan fingerprint density at radius 3 is 0.757 bits per heavy atom. The lowest BCUT2D eigenvalue weighted by Crippen LogP contribution is -1.83. The largest absolute Gasteiger partial charge is 0.103 e. The molecule has 0 aromatic heterocycles. The average Bonchev–Trinajstić information content (AvgIpc) is 2.91. The predicted octanol–water partition coefficient (Wildman–Crippen LogP) is 14.2. The molecule has 0 nitrogen and oxygen atoms in total. The summed E-state index contributed by atoms with van der Waals surface area (Å²) in [5, 5.41) is 0. The van der Waals surface area contributed by atoms with Crippen LogP contribution in [0.25, 0.3) is 0 Å². The van der Waals surface area contributed by atoms with Gasteiger partial charge in [0.2, 0.25) is 0 Å². The van der Waals surface area contributed by atoms with Crippen LogP contribution in [-0.4, -0.2) is 0 Å². The Labute approximate surface area is 236 Å². The van der Waals surface area contributed by atoms with E-state index in [9.17, 15) is 0 Å². The molecule has 0 aliphatic heterocycles. The lowest BCUT2D eigenvalue weighted by molar-refractivity contribution is 0.530. The van der Waals surface area contributed by atoms with Crippen molar-refractivity contribution >= 4 is 0 Å². The Morgan fingerprint density at radius 1 is 0.297 bits per heavy atom. The number of allylic oxidation sites excluding steroid dienone is 3. The molecule has 0 heterocycles. The van der Waals surface area contributed by atoms with E-state index in [1.165, 1.54) is 205 Å². The van der Waals surface area contributed by atoms with Crippen molar-refractivity contribution in [3.05, 3.63) is 24.8 Å². The van der Waals surface area contributed by atoms with E-state index >= 15 is 0 Å². The molecule has 0 saturated carbocycles. The summed E-state index contributed by atoms with van der Waals surface area (Å²) in [5.74, 6) is 0. The van der Waals surface area contributed by atoms with E-state index in [0.29, 0.717) is 0 Å². The second-order valence-electron chi connectivity index (χ2n) is 12.0. The van der Waals surface area contributed by atoms with E-state index in [-0.39, 0.29) is 0 Å². The molecular formula is C37H72. The molecule has 0 heteroatoms. The van der Waals surface area contributed by atoms with E-state index < -0.39 is 0 Å². The van der Waals surface area contributed by atoms with Gasteiger partial charge in [-0.05, 0) is 38.5 Å². The fraction of sp³-hybridized carbons (Fsp3) is 0.892. The zero-order valence-electron chi connectivity index (χ0n) is 26.1. The van der Waals surface area contributed by atoms with E-state index in [2.05, 4.69) is 31.7 Å². The van der Waals surface area contributed by atoms with Gasteiger partial charge in [0.05, 0.1) is 0 Å². The molecule has 0 rings (SSSR count). The van der Waals surface area contributed by atoms with Crippen molar-refractivity contribution in [2.75, 3.05) is 0 Å². The lowest BCUT2D eigenvalue weighted by Gasteiger charge is -2.03. The van der Waals surface area contributed by atoms with Crippen molar-refractivity contribution in [2.45, 2.75) is 212 Å². The van der Waals surface area contributed by atoms with Crippen LogP contribution in [-0.2, 0) is 0 Å². The zero-order chi connectivity index (χ0) is 26.7. The van der Waals surface area contributed by atoms with E-state index in [1.807, 2.05) is 0 Å². The molecule has 0 radical (unpaired) electrons. The highest BCUT2D eigenvalue weighted by Crippen LogP contribution is 2.15. The van der Waals surface area contributed by atoms with Crippen molar-refractivity contribution in [3.63, 3.8) is 0 Å².